The maximum Gasteiger partial charge on any atom is 0.237 e. The number of carbonyl (C=O) groups excluding carboxylic acids is 1. The Balaban J connectivity index is 2.03. The summed E-state index contributed by atoms with van der Waals surface area (Å²) >= 11 is 0. The second-order valence-corrected chi connectivity index (χ2v) is 6.50. The minimum atomic E-state index is -0.816. The molecule has 1 saturated carbocycles. The average molecular weight is 269 g/mol. The minimum Gasteiger partial charge on any atom is -0.377 e. The van der Waals surface area contributed by atoms with E-state index in [4.69, 9.17) is 16.2 Å². The Kier molecular flexibility index (Phi) is 4.18. The van der Waals surface area contributed by atoms with Gasteiger partial charge in [-0.1, -0.05) is 0 Å². The first-order valence-corrected chi connectivity index (χ1v) is 7.27. The molecule has 0 aromatic carbocycles. The first-order valence-electron chi connectivity index (χ1n) is 7.27. The molecule has 5 nitrogen and oxygen atoms in total. The van der Waals surface area contributed by atoms with Gasteiger partial charge in [-0.05, 0) is 52.0 Å². The first-order chi connectivity index (χ1) is 8.88. The Morgan fingerprint density at radius 1 is 1.37 bits per heavy atom. The Morgan fingerprint density at radius 2 is 2.11 bits per heavy atom. The van der Waals surface area contributed by atoms with E-state index in [9.17, 15) is 4.79 Å². The SMILES string of the molecule is COC1(C)CCCN(C2CCCC(N)(C(N)=O)C2)C1. The van der Waals surface area contributed by atoms with Crippen molar-refractivity contribution >= 4 is 5.91 Å². The van der Waals surface area contributed by atoms with E-state index in [2.05, 4.69) is 11.8 Å². The van der Waals surface area contributed by atoms with Gasteiger partial charge in [-0.3, -0.25) is 9.69 Å². The number of carbonyl (C=O) groups is 1. The fraction of sp³-hybridized carbons (Fsp3) is 0.929. The van der Waals surface area contributed by atoms with Crippen molar-refractivity contribution in [1.29, 1.82) is 0 Å². The molecule has 0 bridgehead atoms. The summed E-state index contributed by atoms with van der Waals surface area (Å²) in [7, 11) is 1.78. The van der Waals surface area contributed by atoms with E-state index >= 15 is 0 Å². The largest absolute Gasteiger partial charge is 0.377 e. The summed E-state index contributed by atoms with van der Waals surface area (Å²) in [4.78, 5) is 14.0. The molecule has 1 amide bonds. The van der Waals surface area contributed by atoms with E-state index in [1.54, 1.807) is 7.11 Å². The third-order valence-electron chi connectivity index (χ3n) is 4.95. The molecule has 0 aromatic heterocycles. The van der Waals surface area contributed by atoms with Gasteiger partial charge < -0.3 is 16.2 Å². The number of nitrogens with zero attached hydrogens (tertiary/aromatic N) is 1. The predicted molar refractivity (Wildman–Crippen MR) is 74.6 cm³/mol. The molecule has 0 spiro atoms. The lowest BCUT2D eigenvalue weighted by atomic mass is 9.77. The molecule has 0 aromatic rings. The maximum absolute atomic E-state index is 11.5. The number of amides is 1. The van der Waals surface area contributed by atoms with Crippen LogP contribution in [0.5, 0.6) is 0 Å². The monoisotopic (exact) mass is 269 g/mol. The number of likely N-dealkylation sites (tertiary alicyclic amines) is 1. The van der Waals surface area contributed by atoms with Crippen molar-refractivity contribution < 1.29 is 9.53 Å². The zero-order valence-corrected chi connectivity index (χ0v) is 12.2. The van der Waals surface area contributed by atoms with Crippen LogP contribution in [0, 0.1) is 0 Å². The molecule has 2 rings (SSSR count). The maximum atomic E-state index is 11.5. The van der Waals surface area contributed by atoms with Crippen LogP contribution in [0.3, 0.4) is 0 Å². The lowest BCUT2D eigenvalue weighted by Gasteiger charge is -2.47. The first kappa shape index (κ1) is 14.8. The Bertz CT molecular complexity index is 350. The van der Waals surface area contributed by atoms with Gasteiger partial charge in [0.2, 0.25) is 5.91 Å². The number of piperidine rings is 1. The van der Waals surface area contributed by atoms with Gasteiger partial charge in [0.05, 0.1) is 11.1 Å². The summed E-state index contributed by atoms with van der Waals surface area (Å²) in [5, 5.41) is 0. The normalized spacial score (nSPS) is 41.1. The van der Waals surface area contributed by atoms with Crippen molar-refractivity contribution in [3.8, 4) is 0 Å². The molecule has 3 atom stereocenters. The molecule has 2 aliphatic rings. The van der Waals surface area contributed by atoms with Crippen LogP contribution < -0.4 is 11.5 Å². The molecule has 1 aliphatic carbocycles. The highest BCUT2D eigenvalue weighted by atomic mass is 16.5. The van der Waals surface area contributed by atoms with Crippen LogP contribution in [0.1, 0.15) is 45.4 Å². The minimum absolute atomic E-state index is 0.0698. The van der Waals surface area contributed by atoms with Gasteiger partial charge in [-0.25, -0.2) is 0 Å². The molecule has 19 heavy (non-hydrogen) atoms. The van der Waals surface area contributed by atoms with Crippen LogP contribution in [-0.2, 0) is 9.53 Å². The summed E-state index contributed by atoms with van der Waals surface area (Å²) in [6, 6.07) is 0.362. The molecule has 0 radical (unpaired) electrons. The van der Waals surface area contributed by atoms with Gasteiger partial charge in [0.15, 0.2) is 0 Å². The second-order valence-electron chi connectivity index (χ2n) is 6.50. The van der Waals surface area contributed by atoms with Gasteiger partial charge in [0, 0.05) is 19.7 Å². The van der Waals surface area contributed by atoms with E-state index in [1.807, 2.05) is 0 Å². The second kappa shape index (κ2) is 5.38. The standard InChI is InChI=1S/C14H27N3O2/c1-13(19-2)6-4-8-17(10-13)11-5-3-7-14(16,9-11)12(15)18/h11H,3-10,16H2,1-2H3,(H2,15,18). The number of ether oxygens (including phenoxy) is 1. The molecule has 1 saturated heterocycles. The van der Waals surface area contributed by atoms with Crippen LogP contribution >= 0.6 is 0 Å². The van der Waals surface area contributed by atoms with Crippen molar-refractivity contribution in [3.63, 3.8) is 0 Å². The average Bonchev–Trinajstić information content (AvgIpc) is 2.39. The summed E-state index contributed by atoms with van der Waals surface area (Å²) in [6.07, 6.45) is 5.71. The highest BCUT2D eigenvalue weighted by Gasteiger charge is 2.42. The molecule has 4 N–H and O–H groups in total. The molecule has 5 heteroatoms. The molecule has 3 unspecified atom stereocenters. The molecule has 110 valence electrons. The van der Waals surface area contributed by atoms with Crippen LogP contribution in [0.4, 0.5) is 0 Å². The van der Waals surface area contributed by atoms with Gasteiger partial charge in [-0.15, -0.1) is 0 Å². The van der Waals surface area contributed by atoms with Gasteiger partial charge in [0.1, 0.15) is 0 Å². The number of primary amides is 1. The number of hydrogen-bond acceptors (Lipinski definition) is 4. The van der Waals surface area contributed by atoms with Gasteiger partial charge in [0.25, 0.3) is 0 Å². The van der Waals surface area contributed by atoms with E-state index in [-0.39, 0.29) is 11.5 Å². The van der Waals surface area contributed by atoms with Crippen molar-refractivity contribution in [2.45, 2.75) is 62.6 Å². The van der Waals surface area contributed by atoms with Crippen molar-refractivity contribution in [2.24, 2.45) is 11.5 Å². The lowest BCUT2D eigenvalue weighted by molar-refractivity contribution is -0.125. The van der Waals surface area contributed by atoms with Crippen molar-refractivity contribution in [1.82, 2.24) is 4.90 Å². The topological polar surface area (TPSA) is 81.6 Å². The summed E-state index contributed by atoms with van der Waals surface area (Å²) in [5.74, 6) is -0.358. The predicted octanol–water partition coefficient (Wildman–Crippen LogP) is 0.613. The van der Waals surface area contributed by atoms with Crippen molar-refractivity contribution in [2.75, 3.05) is 20.2 Å². The number of nitrogens with two attached hydrogens (primary N) is 2. The van der Waals surface area contributed by atoms with Crippen LogP contribution in [0.25, 0.3) is 0 Å². The fourth-order valence-electron chi connectivity index (χ4n) is 3.54. The zero-order valence-electron chi connectivity index (χ0n) is 12.2. The summed E-state index contributed by atoms with van der Waals surface area (Å²) < 4.78 is 5.63. The summed E-state index contributed by atoms with van der Waals surface area (Å²) in [6.45, 7) is 4.15. The third-order valence-corrected chi connectivity index (χ3v) is 4.95. The number of hydrogen-bond donors (Lipinski definition) is 2. The van der Waals surface area contributed by atoms with Gasteiger partial charge in [-0.2, -0.15) is 0 Å². The van der Waals surface area contributed by atoms with E-state index in [0.717, 1.165) is 38.8 Å². The fourth-order valence-corrected chi connectivity index (χ4v) is 3.54. The molecule has 1 aliphatic heterocycles. The quantitative estimate of drug-likeness (QED) is 0.786. The smallest absolute Gasteiger partial charge is 0.237 e. The molecule has 1 heterocycles. The molecular formula is C14H27N3O2. The van der Waals surface area contributed by atoms with Crippen molar-refractivity contribution in [3.05, 3.63) is 0 Å². The van der Waals surface area contributed by atoms with Crippen LogP contribution in [0.15, 0.2) is 0 Å². The van der Waals surface area contributed by atoms with Crippen LogP contribution in [-0.4, -0.2) is 48.2 Å². The van der Waals surface area contributed by atoms with E-state index < -0.39 is 5.54 Å². The van der Waals surface area contributed by atoms with E-state index in [0.29, 0.717) is 18.9 Å². The zero-order chi connectivity index (χ0) is 14.1. The third kappa shape index (κ3) is 3.09. The Labute approximate surface area is 115 Å². The van der Waals surface area contributed by atoms with Gasteiger partial charge >= 0.3 is 0 Å². The molecule has 2 fully saturated rings. The Hall–Kier alpha value is -0.650. The highest BCUT2D eigenvalue weighted by Crippen LogP contribution is 2.33. The Morgan fingerprint density at radius 3 is 2.74 bits per heavy atom. The number of rotatable bonds is 3. The van der Waals surface area contributed by atoms with E-state index in [1.165, 1.54) is 0 Å². The highest BCUT2D eigenvalue weighted by molar-refractivity contribution is 5.84. The molecular weight excluding hydrogens is 242 g/mol. The number of methoxy groups -OCH3 is 1. The van der Waals surface area contributed by atoms with Crippen LogP contribution in [0.2, 0.25) is 0 Å². The summed E-state index contributed by atoms with van der Waals surface area (Å²) in [5.41, 5.74) is 10.7. The lowest BCUT2D eigenvalue weighted by Crippen LogP contribution is -2.60.